The first kappa shape index (κ1) is 31.1. The summed E-state index contributed by atoms with van der Waals surface area (Å²) in [7, 11) is 3.11. The van der Waals surface area contributed by atoms with Gasteiger partial charge < -0.3 is 14.4 Å². The first-order chi connectivity index (χ1) is 17.7. The average molecular weight is 552 g/mol. The molecule has 0 aromatic heterocycles. The van der Waals surface area contributed by atoms with Gasteiger partial charge in [-0.2, -0.15) is 0 Å². The maximum absolute atomic E-state index is 13.9. The van der Waals surface area contributed by atoms with Crippen LogP contribution in [-0.4, -0.2) is 56.2 Å². The molecule has 0 saturated carbocycles. The van der Waals surface area contributed by atoms with Crippen molar-refractivity contribution in [2.24, 2.45) is 0 Å². The number of aryl methyl sites for hydroxylation is 4. The first-order valence-electron chi connectivity index (χ1n) is 12.8. The van der Waals surface area contributed by atoms with Crippen molar-refractivity contribution in [1.82, 2.24) is 0 Å². The second kappa shape index (κ2) is 14.7. The minimum absolute atomic E-state index is 0.00787. The molecule has 2 aromatic rings. The molecule has 0 radical (unpaired) electrons. The fourth-order valence-electron chi connectivity index (χ4n) is 4.49. The van der Waals surface area contributed by atoms with Crippen molar-refractivity contribution in [2.45, 2.75) is 70.7 Å². The molecule has 0 aliphatic rings. The van der Waals surface area contributed by atoms with Gasteiger partial charge in [0.1, 0.15) is 17.5 Å². The number of anilines is 2. The lowest BCUT2D eigenvalue weighted by atomic mass is 10.0. The third-order valence-corrected chi connectivity index (χ3v) is 7.57. The van der Waals surface area contributed by atoms with E-state index in [1.807, 2.05) is 71.0 Å². The lowest BCUT2D eigenvalue weighted by Gasteiger charge is -2.33. The predicted octanol–water partition coefficient (Wildman–Crippen LogP) is 5.90. The second-order valence-corrected chi connectivity index (χ2v) is 9.99. The standard InChI is InChI=1S/C29H40Cl2N2O4/c1-8-21-14-11-13-19(4)26(21)32(17-20(5)37-7)28(34)24(30)25(31)29(35)33(18-36-6)27-22(9-2)15-12-16-23(27)10-3/h11-16,20,24-25H,8-10,17-18H2,1-7H3. The van der Waals surface area contributed by atoms with Crippen LogP contribution in [0.15, 0.2) is 36.4 Å². The maximum atomic E-state index is 13.9. The van der Waals surface area contributed by atoms with E-state index >= 15 is 0 Å². The van der Waals surface area contributed by atoms with E-state index in [1.165, 1.54) is 12.0 Å². The summed E-state index contributed by atoms with van der Waals surface area (Å²) in [5.74, 6) is -0.924. The number of rotatable bonds is 13. The molecule has 0 bridgehead atoms. The smallest absolute Gasteiger partial charge is 0.249 e. The molecule has 0 aliphatic carbocycles. The van der Waals surface area contributed by atoms with Crippen LogP contribution in [0.1, 0.15) is 49.9 Å². The van der Waals surface area contributed by atoms with Crippen LogP contribution in [0.2, 0.25) is 0 Å². The Kier molecular flexibility index (Phi) is 12.4. The van der Waals surface area contributed by atoms with Gasteiger partial charge in [0.15, 0.2) is 0 Å². The number of hydrogen-bond acceptors (Lipinski definition) is 4. The molecule has 204 valence electrons. The van der Waals surface area contributed by atoms with Crippen LogP contribution in [0.25, 0.3) is 0 Å². The third kappa shape index (κ3) is 7.26. The van der Waals surface area contributed by atoms with Gasteiger partial charge >= 0.3 is 0 Å². The third-order valence-electron chi connectivity index (χ3n) is 6.57. The van der Waals surface area contributed by atoms with Gasteiger partial charge in [0.2, 0.25) is 11.8 Å². The van der Waals surface area contributed by atoms with E-state index < -0.39 is 22.6 Å². The number of hydrogen-bond donors (Lipinski definition) is 0. The van der Waals surface area contributed by atoms with Gasteiger partial charge in [0.25, 0.3) is 0 Å². The number of alkyl halides is 2. The van der Waals surface area contributed by atoms with E-state index in [1.54, 1.807) is 12.0 Å². The number of amides is 2. The van der Waals surface area contributed by atoms with Gasteiger partial charge in [-0.3, -0.25) is 14.5 Å². The molecule has 0 N–H and O–H groups in total. The van der Waals surface area contributed by atoms with Gasteiger partial charge in [-0.05, 0) is 55.4 Å². The van der Waals surface area contributed by atoms with Crippen molar-refractivity contribution in [3.05, 3.63) is 58.7 Å². The Labute approximate surface area is 231 Å². The van der Waals surface area contributed by atoms with Crippen molar-refractivity contribution in [3.63, 3.8) is 0 Å². The highest BCUT2D eigenvalue weighted by Gasteiger charge is 2.38. The van der Waals surface area contributed by atoms with Crippen molar-refractivity contribution in [2.75, 3.05) is 37.3 Å². The number of carbonyl (C=O) groups is 2. The monoisotopic (exact) mass is 550 g/mol. The molecule has 37 heavy (non-hydrogen) atoms. The van der Waals surface area contributed by atoms with Gasteiger partial charge in [-0.1, -0.05) is 57.2 Å². The van der Waals surface area contributed by atoms with Gasteiger partial charge in [-0.25, -0.2) is 0 Å². The molecule has 0 spiro atoms. The normalized spacial score (nSPS) is 13.6. The lowest BCUT2D eigenvalue weighted by Crippen LogP contribution is -2.50. The van der Waals surface area contributed by atoms with Crippen LogP contribution in [0.5, 0.6) is 0 Å². The highest BCUT2D eigenvalue weighted by atomic mass is 35.5. The second-order valence-electron chi connectivity index (χ2n) is 9.05. The molecule has 0 heterocycles. The summed E-state index contributed by atoms with van der Waals surface area (Å²) in [4.78, 5) is 30.8. The van der Waals surface area contributed by atoms with E-state index in [9.17, 15) is 9.59 Å². The van der Waals surface area contributed by atoms with Gasteiger partial charge in [-0.15, -0.1) is 23.2 Å². The van der Waals surface area contributed by atoms with E-state index in [0.717, 1.165) is 52.9 Å². The molecule has 2 rings (SSSR count). The topological polar surface area (TPSA) is 59.1 Å². The minimum Gasteiger partial charge on any atom is -0.380 e. The Morgan fingerprint density at radius 3 is 1.73 bits per heavy atom. The molecule has 0 fully saturated rings. The molecule has 0 aliphatic heterocycles. The quantitative estimate of drug-likeness (QED) is 0.230. The zero-order chi connectivity index (χ0) is 27.7. The number of ether oxygens (including phenoxy) is 2. The van der Waals surface area contributed by atoms with E-state index in [2.05, 4.69) is 0 Å². The number of benzene rings is 2. The molecule has 0 saturated heterocycles. The molecule has 6 nitrogen and oxygen atoms in total. The van der Waals surface area contributed by atoms with Gasteiger partial charge in [0.05, 0.1) is 18.3 Å². The van der Waals surface area contributed by atoms with Gasteiger partial charge in [0, 0.05) is 19.9 Å². The Morgan fingerprint density at radius 1 is 0.811 bits per heavy atom. The number of nitrogens with zero attached hydrogens (tertiary/aromatic N) is 2. The minimum atomic E-state index is -1.31. The van der Waals surface area contributed by atoms with Crippen LogP contribution in [0.4, 0.5) is 11.4 Å². The molecule has 3 unspecified atom stereocenters. The van der Waals surface area contributed by atoms with Crippen molar-refractivity contribution >= 4 is 46.4 Å². The summed E-state index contributed by atoms with van der Waals surface area (Å²) in [6.07, 6.45) is 1.92. The molecule has 2 aromatic carbocycles. The maximum Gasteiger partial charge on any atom is 0.249 e. The van der Waals surface area contributed by atoms with Crippen LogP contribution in [0.3, 0.4) is 0 Å². The average Bonchev–Trinajstić information content (AvgIpc) is 2.92. The first-order valence-corrected chi connectivity index (χ1v) is 13.7. The largest absolute Gasteiger partial charge is 0.380 e. The summed E-state index contributed by atoms with van der Waals surface area (Å²) in [5.41, 5.74) is 5.46. The molecular weight excluding hydrogens is 511 g/mol. The Balaban J connectivity index is 2.49. The fourth-order valence-corrected chi connectivity index (χ4v) is 4.94. The number of para-hydroxylation sites is 2. The lowest BCUT2D eigenvalue weighted by molar-refractivity contribution is -0.123. The summed E-state index contributed by atoms with van der Waals surface area (Å²) in [6, 6.07) is 11.8. The van der Waals surface area contributed by atoms with Crippen molar-refractivity contribution < 1.29 is 19.1 Å². The molecule has 3 atom stereocenters. The summed E-state index contributed by atoms with van der Waals surface area (Å²) >= 11 is 13.4. The predicted molar refractivity (Wildman–Crippen MR) is 153 cm³/mol. The SMILES string of the molecule is CCc1cccc(C)c1N(CC(C)OC)C(=O)C(Cl)C(Cl)C(=O)N(COC)c1c(CC)cccc1CC. The number of carbonyl (C=O) groups excluding carboxylic acids is 2. The molecule has 2 amide bonds. The molecular formula is C29H40Cl2N2O4. The summed E-state index contributed by atoms with van der Waals surface area (Å²) < 4.78 is 10.9. The van der Waals surface area contributed by atoms with Crippen LogP contribution in [0, 0.1) is 6.92 Å². The molecule has 8 heteroatoms. The van der Waals surface area contributed by atoms with Crippen LogP contribution < -0.4 is 9.80 Å². The van der Waals surface area contributed by atoms with E-state index in [-0.39, 0.29) is 19.4 Å². The summed E-state index contributed by atoms with van der Waals surface area (Å²) in [6.45, 7) is 10.2. The van der Waals surface area contributed by atoms with E-state index in [0.29, 0.717) is 0 Å². The van der Waals surface area contributed by atoms with E-state index in [4.69, 9.17) is 32.7 Å². The zero-order valence-electron chi connectivity index (χ0n) is 23.0. The van der Waals surface area contributed by atoms with Crippen molar-refractivity contribution in [1.29, 1.82) is 0 Å². The Hall–Kier alpha value is -2.12. The highest BCUT2D eigenvalue weighted by Crippen LogP contribution is 2.32. The van der Waals surface area contributed by atoms with Crippen LogP contribution >= 0.6 is 23.2 Å². The van der Waals surface area contributed by atoms with Crippen LogP contribution in [-0.2, 0) is 38.3 Å². The number of methoxy groups -OCH3 is 2. The Morgan fingerprint density at radius 2 is 1.27 bits per heavy atom. The van der Waals surface area contributed by atoms with Crippen molar-refractivity contribution in [3.8, 4) is 0 Å². The zero-order valence-corrected chi connectivity index (χ0v) is 24.5. The fraction of sp³-hybridized carbons (Fsp3) is 0.517. The highest BCUT2D eigenvalue weighted by molar-refractivity contribution is 6.45. The Bertz CT molecular complexity index is 1040. The summed E-state index contributed by atoms with van der Waals surface area (Å²) in [5, 5.41) is -2.62. The number of halogens is 2.